The van der Waals surface area contributed by atoms with Gasteiger partial charge in [-0.15, -0.1) is 0 Å². The Balaban J connectivity index is 1.82. The van der Waals surface area contributed by atoms with Crippen LogP contribution in [0.4, 0.5) is 5.69 Å². The van der Waals surface area contributed by atoms with E-state index in [1.165, 1.54) is 29.5 Å². The fourth-order valence-electron chi connectivity index (χ4n) is 3.53. The molecular weight excluding hydrogens is 336 g/mol. The molecule has 2 amide bonds. The van der Waals surface area contributed by atoms with Gasteiger partial charge in [0.05, 0.1) is 11.3 Å². The average molecular weight is 360 g/mol. The topological polar surface area (TPSA) is 95.9 Å². The molecule has 1 aromatic rings. The second-order valence-electron chi connectivity index (χ2n) is 7.39. The summed E-state index contributed by atoms with van der Waals surface area (Å²) >= 11 is 0. The molecule has 1 aromatic carbocycles. The number of hydrogen-bond donors (Lipinski definition) is 2. The highest BCUT2D eigenvalue weighted by molar-refractivity contribution is 6.06. The van der Waals surface area contributed by atoms with Gasteiger partial charge in [0.25, 0.3) is 5.91 Å². The van der Waals surface area contributed by atoms with Gasteiger partial charge in [0.15, 0.2) is 5.60 Å². The first kappa shape index (κ1) is 18.2. The van der Waals surface area contributed by atoms with Gasteiger partial charge >= 0.3 is 5.97 Å². The molecule has 7 heteroatoms. The molecular formula is C19H24N2O5. The predicted octanol–water partition coefficient (Wildman–Crippen LogP) is 2.34. The van der Waals surface area contributed by atoms with Crippen molar-refractivity contribution >= 4 is 23.5 Å². The molecule has 7 nitrogen and oxygen atoms in total. The number of aromatic carboxylic acids is 1. The van der Waals surface area contributed by atoms with E-state index in [1.54, 1.807) is 13.8 Å². The van der Waals surface area contributed by atoms with Gasteiger partial charge in [-0.3, -0.25) is 14.5 Å². The molecule has 140 valence electrons. The van der Waals surface area contributed by atoms with Crippen molar-refractivity contribution in [1.82, 2.24) is 5.32 Å². The van der Waals surface area contributed by atoms with Crippen LogP contribution in [0.5, 0.6) is 5.75 Å². The number of benzene rings is 1. The maximum absolute atomic E-state index is 12.8. The van der Waals surface area contributed by atoms with Gasteiger partial charge in [-0.1, -0.05) is 19.3 Å². The summed E-state index contributed by atoms with van der Waals surface area (Å²) in [6.07, 6.45) is 5.34. The fourth-order valence-corrected chi connectivity index (χ4v) is 3.53. The fraction of sp³-hybridized carbons (Fsp3) is 0.526. The van der Waals surface area contributed by atoms with Gasteiger partial charge in [0.2, 0.25) is 5.91 Å². The molecule has 0 unspecified atom stereocenters. The van der Waals surface area contributed by atoms with Crippen LogP contribution >= 0.6 is 0 Å². The van der Waals surface area contributed by atoms with E-state index in [0.29, 0.717) is 11.4 Å². The minimum Gasteiger partial charge on any atom is -0.478 e. The van der Waals surface area contributed by atoms with E-state index < -0.39 is 11.6 Å². The molecule has 0 bridgehead atoms. The highest BCUT2D eigenvalue weighted by Crippen LogP contribution is 2.38. The highest BCUT2D eigenvalue weighted by Gasteiger charge is 2.42. The Morgan fingerprint density at radius 3 is 2.62 bits per heavy atom. The minimum absolute atomic E-state index is 0.0699. The van der Waals surface area contributed by atoms with E-state index in [0.717, 1.165) is 25.7 Å². The maximum Gasteiger partial charge on any atom is 0.335 e. The molecule has 1 fully saturated rings. The number of nitrogens with one attached hydrogen (secondary N) is 1. The zero-order chi connectivity index (χ0) is 18.9. The second-order valence-corrected chi connectivity index (χ2v) is 7.39. The summed E-state index contributed by atoms with van der Waals surface area (Å²) < 4.78 is 5.70. The van der Waals surface area contributed by atoms with E-state index in [-0.39, 0.29) is 30.0 Å². The number of carboxylic acid groups (broad SMARTS) is 1. The summed E-state index contributed by atoms with van der Waals surface area (Å²) in [5.41, 5.74) is -0.687. The van der Waals surface area contributed by atoms with Crippen molar-refractivity contribution in [3.63, 3.8) is 0 Å². The van der Waals surface area contributed by atoms with E-state index in [4.69, 9.17) is 9.84 Å². The van der Waals surface area contributed by atoms with Crippen LogP contribution in [0.15, 0.2) is 18.2 Å². The number of carbonyl (C=O) groups is 3. The third kappa shape index (κ3) is 3.66. The number of carbonyl (C=O) groups excluding carboxylic acids is 2. The Bertz CT molecular complexity index is 737. The van der Waals surface area contributed by atoms with Gasteiger partial charge in [0.1, 0.15) is 12.3 Å². The quantitative estimate of drug-likeness (QED) is 0.859. The van der Waals surface area contributed by atoms with Gasteiger partial charge in [-0.2, -0.15) is 0 Å². The van der Waals surface area contributed by atoms with Gasteiger partial charge in [-0.25, -0.2) is 4.79 Å². The number of amides is 2. The van der Waals surface area contributed by atoms with Gasteiger partial charge in [-0.05, 0) is 44.9 Å². The number of anilines is 1. The van der Waals surface area contributed by atoms with Crippen LogP contribution < -0.4 is 15.0 Å². The lowest BCUT2D eigenvalue weighted by Crippen LogP contribution is -2.55. The highest BCUT2D eigenvalue weighted by atomic mass is 16.5. The van der Waals surface area contributed by atoms with Crippen LogP contribution in [-0.4, -0.2) is 41.1 Å². The molecule has 0 saturated heterocycles. The third-order valence-corrected chi connectivity index (χ3v) is 4.89. The van der Waals surface area contributed by atoms with Crippen molar-refractivity contribution in [3.05, 3.63) is 23.8 Å². The smallest absolute Gasteiger partial charge is 0.335 e. The number of hydrogen-bond acceptors (Lipinski definition) is 4. The third-order valence-electron chi connectivity index (χ3n) is 4.89. The van der Waals surface area contributed by atoms with Crippen molar-refractivity contribution in [2.75, 3.05) is 11.4 Å². The molecule has 0 radical (unpaired) electrons. The van der Waals surface area contributed by atoms with Crippen molar-refractivity contribution in [3.8, 4) is 5.75 Å². The summed E-state index contributed by atoms with van der Waals surface area (Å²) in [4.78, 5) is 37.8. The van der Waals surface area contributed by atoms with Crippen molar-refractivity contribution in [2.24, 2.45) is 0 Å². The number of fused-ring (bicyclic) bond motifs is 1. The Kier molecular flexibility index (Phi) is 4.89. The van der Waals surface area contributed by atoms with E-state index in [1.807, 2.05) is 0 Å². The van der Waals surface area contributed by atoms with E-state index >= 15 is 0 Å². The minimum atomic E-state index is -1.17. The summed E-state index contributed by atoms with van der Waals surface area (Å²) in [6, 6.07) is 4.47. The Morgan fingerprint density at radius 2 is 1.96 bits per heavy atom. The first-order chi connectivity index (χ1) is 12.3. The van der Waals surface area contributed by atoms with Crippen molar-refractivity contribution < 1.29 is 24.2 Å². The molecule has 26 heavy (non-hydrogen) atoms. The van der Waals surface area contributed by atoms with Crippen LogP contribution in [0.2, 0.25) is 0 Å². The van der Waals surface area contributed by atoms with Crippen LogP contribution in [0.3, 0.4) is 0 Å². The molecule has 3 rings (SSSR count). The molecule has 1 heterocycles. The van der Waals surface area contributed by atoms with E-state index in [9.17, 15) is 14.4 Å². The monoisotopic (exact) mass is 360 g/mol. The number of carboxylic acids is 1. The molecule has 2 N–H and O–H groups in total. The van der Waals surface area contributed by atoms with Gasteiger partial charge < -0.3 is 15.2 Å². The molecule has 1 aliphatic carbocycles. The molecule has 2 aliphatic rings. The number of nitrogens with zero attached hydrogens (tertiary/aromatic N) is 1. The molecule has 0 spiro atoms. The van der Waals surface area contributed by atoms with Crippen LogP contribution in [0.1, 0.15) is 56.3 Å². The SMILES string of the molecule is CC1(C)Oc2cc(C(=O)O)ccc2N(CC(=O)NC2CCCCC2)C1=O. The Morgan fingerprint density at radius 1 is 1.27 bits per heavy atom. The molecule has 1 aliphatic heterocycles. The normalized spacial score (nSPS) is 19.5. The van der Waals surface area contributed by atoms with Crippen LogP contribution in [0.25, 0.3) is 0 Å². The van der Waals surface area contributed by atoms with Crippen molar-refractivity contribution in [2.45, 2.75) is 57.6 Å². The van der Waals surface area contributed by atoms with E-state index in [2.05, 4.69) is 5.32 Å². The number of ether oxygens (including phenoxy) is 1. The summed E-state index contributed by atoms with van der Waals surface area (Å²) in [7, 11) is 0. The summed E-state index contributed by atoms with van der Waals surface area (Å²) in [5, 5.41) is 12.2. The number of rotatable bonds is 4. The van der Waals surface area contributed by atoms with Gasteiger partial charge in [0, 0.05) is 6.04 Å². The van der Waals surface area contributed by atoms with Crippen LogP contribution in [0, 0.1) is 0 Å². The summed E-state index contributed by atoms with van der Waals surface area (Å²) in [6.45, 7) is 3.11. The largest absolute Gasteiger partial charge is 0.478 e. The predicted molar refractivity (Wildman–Crippen MR) is 95.5 cm³/mol. The Labute approximate surface area is 152 Å². The maximum atomic E-state index is 12.8. The standard InChI is InChI=1S/C19H24N2O5/c1-19(2)18(25)21(11-16(22)20-13-6-4-3-5-7-13)14-9-8-12(17(23)24)10-15(14)26-19/h8-10,13H,3-7,11H2,1-2H3,(H,20,22)(H,23,24). The second kappa shape index (κ2) is 6.97. The zero-order valence-electron chi connectivity index (χ0n) is 15.1. The summed E-state index contributed by atoms with van der Waals surface area (Å²) in [5.74, 6) is -1.32. The van der Waals surface area contributed by atoms with Crippen LogP contribution in [-0.2, 0) is 9.59 Å². The lowest BCUT2D eigenvalue weighted by Gasteiger charge is -2.38. The zero-order valence-corrected chi connectivity index (χ0v) is 15.1. The first-order valence-electron chi connectivity index (χ1n) is 8.95. The average Bonchev–Trinajstić information content (AvgIpc) is 2.59. The Hall–Kier alpha value is -2.57. The first-order valence-corrected chi connectivity index (χ1v) is 8.95. The lowest BCUT2D eigenvalue weighted by molar-refractivity contribution is -0.134. The molecule has 0 atom stereocenters. The lowest BCUT2D eigenvalue weighted by atomic mass is 9.95. The molecule has 1 saturated carbocycles. The van der Waals surface area contributed by atoms with Crippen molar-refractivity contribution in [1.29, 1.82) is 0 Å². The molecule has 0 aromatic heterocycles.